The van der Waals surface area contributed by atoms with Crippen molar-refractivity contribution >= 4 is 11.9 Å². The van der Waals surface area contributed by atoms with E-state index in [0.29, 0.717) is 5.69 Å². The summed E-state index contributed by atoms with van der Waals surface area (Å²) in [5.41, 5.74) is 11.5. The van der Waals surface area contributed by atoms with Crippen LogP contribution in [0.3, 0.4) is 0 Å². The predicted octanol–water partition coefficient (Wildman–Crippen LogP) is -2.05. The molecule has 0 aliphatic rings. The second kappa shape index (κ2) is 8.35. The Balaban J connectivity index is 2.50. The normalized spacial score (nSPS) is 15.2. The zero-order chi connectivity index (χ0) is 15.8. The lowest BCUT2D eigenvalue weighted by molar-refractivity contribution is -0.142. The molecule has 1 rings (SSSR count). The largest absolute Gasteiger partial charge is 0.480 e. The first-order valence-corrected chi connectivity index (χ1v) is 6.58. The lowest BCUT2D eigenvalue weighted by Gasteiger charge is -2.18. The van der Waals surface area contributed by atoms with Crippen LogP contribution in [0.2, 0.25) is 0 Å². The zero-order valence-corrected chi connectivity index (χ0v) is 11.5. The second-order valence-corrected chi connectivity index (χ2v) is 4.75. The third-order valence-electron chi connectivity index (χ3n) is 3.01. The van der Waals surface area contributed by atoms with Gasteiger partial charge in [0.25, 0.3) is 0 Å². The minimum atomic E-state index is -1.16. The number of aliphatic hydroxyl groups is 1. The van der Waals surface area contributed by atoms with E-state index in [1.165, 1.54) is 12.5 Å². The molecule has 9 heteroatoms. The lowest BCUT2D eigenvalue weighted by atomic mass is 10.1. The highest BCUT2D eigenvalue weighted by Gasteiger charge is 2.24. The summed E-state index contributed by atoms with van der Waals surface area (Å²) in [6, 6.07) is -1.99. The van der Waals surface area contributed by atoms with E-state index < -0.39 is 30.1 Å². The molecular formula is C12H21N5O4. The van der Waals surface area contributed by atoms with Gasteiger partial charge in [0.1, 0.15) is 6.04 Å². The number of nitrogens with two attached hydrogens (primary N) is 2. The highest BCUT2D eigenvalue weighted by Crippen LogP contribution is 2.02. The third kappa shape index (κ3) is 5.90. The fourth-order valence-corrected chi connectivity index (χ4v) is 1.72. The molecule has 0 fully saturated rings. The molecule has 1 aromatic rings. The van der Waals surface area contributed by atoms with Crippen LogP contribution >= 0.6 is 0 Å². The summed E-state index contributed by atoms with van der Waals surface area (Å²) >= 11 is 0. The van der Waals surface area contributed by atoms with Crippen LogP contribution in [0.15, 0.2) is 12.5 Å². The van der Waals surface area contributed by atoms with Crippen molar-refractivity contribution in [3.63, 3.8) is 0 Å². The van der Waals surface area contributed by atoms with E-state index >= 15 is 0 Å². The number of amides is 1. The number of aliphatic carboxylic acids is 1. The molecule has 1 heterocycles. The number of aliphatic hydroxyl groups excluding tert-OH is 1. The highest BCUT2D eigenvalue weighted by atomic mass is 16.4. The van der Waals surface area contributed by atoms with Crippen LogP contribution in [0.5, 0.6) is 0 Å². The molecule has 9 nitrogen and oxygen atoms in total. The number of carbonyl (C=O) groups excluding carboxylic acids is 1. The number of hydrogen-bond acceptors (Lipinski definition) is 6. The van der Waals surface area contributed by atoms with Gasteiger partial charge in [0.2, 0.25) is 5.91 Å². The lowest BCUT2D eigenvalue weighted by Crippen LogP contribution is -2.49. The Morgan fingerprint density at radius 1 is 1.43 bits per heavy atom. The van der Waals surface area contributed by atoms with Crippen LogP contribution in [0.1, 0.15) is 18.5 Å². The van der Waals surface area contributed by atoms with Gasteiger partial charge in [0.15, 0.2) is 0 Å². The van der Waals surface area contributed by atoms with Crippen molar-refractivity contribution < 1.29 is 19.8 Å². The Bertz CT molecular complexity index is 451. The second-order valence-electron chi connectivity index (χ2n) is 4.75. The molecule has 0 aliphatic heterocycles. The van der Waals surface area contributed by atoms with Crippen LogP contribution in [0.25, 0.3) is 0 Å². The molecule has 0 aliphatic carbocycles. The van der Waals surface area contributed by atoms with Gasteiger partial charge in [-0.3, -0.25) is 4.79 Å². The minimum Gasteiger partial charge on any atom is -0.480 e. The van der Waals surface area contributed by atoms with Crippen molar-refractivity contribution in [1.82, 2.24) is 15.3 Å². The van der Waals surface area contributed by atoms with Crippen LogP contribution in [0, 0.1) is 0 Å². The molecule has 0 saturated carbocycles. The number of rotatable bonds is 9. The van der Waals surface area contributed by atoms with Gasteiger partial charge in [-0.15, -0.1) is 0 Å². The van der Waals surface area contributed by atoms with Gasteiger partial charge >= 0.3 is 5.97 Å². The van der Waals surface area contributed by atoms with Crippen LogP contribution in [0.4, 0.5) is 0 Å². The van der Waals surface area contributed by atoms with E-state index in [2.05, 4.69) is 15.3 Å². The van der Waals surface area contributed by atoms with E-state index in [1.807, 2.05) is 0 Å². The van der Waals surface area contributed by atoms with Crippen molar-refractivity contribution in [3.05, 3.63) is 18.2 Å². The molecule has 8 N–H and O–H groups in total. The molecule has 0 spiro atoms. The average Bonchev–Trinajstić information content (AvgIpc) is 2.96. The molecule has 1 amide bonds. The van der Waals surface area contributed by atoms with Gasteiger partial charge in [-0.05, 0) is 12.8 Å². The Morgan fingerprint density at radius 3 is 2.67 bits per heavy atom. The van der Waals surface area contributed by atoms with Gasteiger partial charge < -0.3 is 32.0 Å². The third-order valence-corrected chi connectivity index (χ3v) is 3.01. The summed E-state index contributed by atoms with van der Waals surface area (Å²) in [6.07, 6.45) is 2.78. The van der Waals surface area contributed by atoms with Crippen LogP contribution in [-0.4, -0.2) is 56.8 Å². The van der Waals surface area contributed by atoms with Crippen LogP contribution < -0.4 is 16.8 Å². The maximum absolute atomic E-state index is 11.8. The first-order valence-electron chi connectivity index (χ1n) is 6.58. The van der Waals surface area contributed by atoms with E-state index in [0.717, 1.165) is 0 Å². The van der Waals surface area contributed by atoms with Crippen molar-refractivity contribution in [2.45, 2.75) is 37.5 Å². The van der Waals surface area contributed by atoms with Gasteiger partial charge in [0.05, 0.1) is 18.5 Å². The van der Waals surface area contributed by atoms with Crippen molar-refractivity contribution in [1.29, 1.82) is 0 Å². The molecule has 1 unspecified atom stereocenters. The summed E-state index contributed by atoms with van der Waals surface area (Å²) in [5.74, 6) is -1.74. The number of hydrogen-bond donors (Lipinski definition) is 6. The van der Waals surface area contributed by atoms with Gasteiger partial charge in [-0.2, -0.15) is 0 Å². The number of aromatic nitrogens is 2. The first kappa shape index (κ1) is 17.1. The summed E-state index contributed by atoms with van der Waals surface area (Å²) in [5, 5.41) is 20.8. The number of nitrogens with zero attached hydrogens (tertiary/aromatic N) is 1. The van der Waals surface area contributed by atoms with E-state index in [1.54, 1.807) is 0 Å². The maximum atomic E-state index is 11.8. The molecule has 0 saturated heterocycles. The molecular weight excluding hydrogens is 278 g/mol. The summed E-state index contributed by atoms with van der Waals surface area (Å²) < 4.78 is 0. The van der Waals surface area contributed by atoms with Crippen molar-refractivity contribution in [2.75, 3.05) is 6.54 Å². The number of carboxylic acid groups (broad SMARTS) is 1. The smallest absolute Gasteiger partial charge is 0.326 e. The Labute approximate surface area is 121 Å². The molecule has 0 radical (unpaired) electrons. The van der Waals surface area contributed by atoms with E-state index in [9.17, 15) is 14.7 Å². The fraction of sp³-hybridized carbons (Fsp3) is 0.583. The number of aromatic amines is 1. The quantitative estimate of drug-likeness (QED) is 0.305. The summed E-state index contributed by atoms with van der Waals surface area (Å²) in [4.78, 5) is 29.5. The molecule has 118 valence electrons. The monoisotopic (exact) mass is 299 g/mol. The molecule has 21 heavy (non-hydrogen) atoms. The van der Waals surface area contributed by atoms with Gasteiger partial charge in [0, 0.05) is 24.9 Å². The first-order chi connectivity index (χ1) is 9.93. The molecule has 3 atom stereocenters. The summed E-state index contributed by atoms with van der Waals surface area (Å²) in [7, 11) is 0. The average molecular weight is 299 g/mol. The predicted molar refractivity (Wildman–Crippen MR) is 74.1 cm³/mol. The zero-order valence-electron chi connectivity index (χ0n) is 11.5. The van der Waals surface area contributed by atoms with Crippen molar-refractivity contribution in [3.8, 4) is 0 Å². The Hall–Kier alpha value is -1.97. The van der Waals surface area contributed by atoms with Crippen molar-refractivity contribution in [2.24, 2.45) is 11.5 Å². The highest BCUT2D eigenvalue weighted by molar-refractivity contribution is 5.86. The standard InChI is InChI=1S/C12H21N5O4/c13-4-8(18)1-2-9(14)11(19)17-10(12(20)21)3-7-5-15-6-16-7/h5-6,8-10,18H,1-4,13-14H2,(H,15,16)(H,17,19)(H,20,21)/t8?,9-,10-/m0/s1. The molecule has 1 aromatic heterocycles. The summed E-state index contributed by atoms with van der Waals surface area (Å²) in [6.45, 7) is 0.0892. The number of nitrogens with one attached hydrogen (secondary N) is 2. The van der Waals surface area contributed by atoms with E-state index in [4.69, 9.17) is 16.6 Å². The van der Waals surface area contributed by atoms with Gasteiger partial charge in [-0.1, -0.05) is 0 Å². The number of carbonyl (C=O) groups is 2. The number of carboxylic acids is 1. The Morgan fingerprint density at radius 2 is 2.14 bits per heavy atom. The fourth-order valence-electron chi connectivity index (χ4n) is 1.72. The topological polar surface area (TPSA) is 167 Å². The molecule has 0 aromatic carbocycles. The Kier molecular flexibility index (Phi) is 6.79. The SMILES string of the molecule is NCC(O)CC[C@H](N)C(=O)N[C@@H](Cc1cnc[nH]1)C(=O)O. The molecule has 0 bridgehead atoms. The minimum absolute atomic E-state index is 0.0826. The maximum Gasteiger partial charge on any atom is 0.326 e. The van der Waals surface area contributed by atoms with Crippen LogP contribution in [-0.2, 0) is 16.0 Å². The van der Waals surface area contributed by atoms with Gasteiger partial charge in [-0.25, -0.2) is 9.78 Å². The number of imidazole rings is 1. The number of H-pyrrole nitrogens is 1. The van der Waals surface area contributed by atoms with E-state index in [-0.39, 0.29) is 25.8 Å².